The molecule has 0 saturated carbocycles. The number of anilines is 1. The van der Waals surface area contributed by atoms with Crippen LogP contribution in [0.2, 0.25) is 5.02 Å². The molecule has 0 radical (unpaired) electrons. The van der Waals surface area contributed by atoms with E-state index >= 15 is 0 Å². The van der Waals surface area contributed by atoms with Gasteiger partial charge in [0, 0.05) is 11.3 Å². The molecular formula is C11H10ClNO3. The number of ether oxygens (including phenoxy) is 1. The highest BCUT2D eigenvalue weighted by molar-refractivity contribution is 6.34. The first-order valence-electron chi connectivity index (χ1n) is 4.84. The van der Waals surface area contributed by atoms with Gasteiger partial charge in [-0.25, -0.2) is 4.79 Å². The molecule has 5 heteroatoms. The van der Waals surface area contributed by atoms with Gasteiger partial charge in [-0.2, -0.15) is 0 Å². The Hall–Kier alpha value is -1.55. The van der Waals surface area contributed by atoms with Crippen LogP contribution in [0.3, 0.4) is 0 Å². The van der Waals surface area contributed by atoms with Crippen LogP contribution in [0.5, 0.6) is 0 Å². The van der Waals surface area contributed by atoms with Crippen molar-refractivity contribution < 1.29 is 14.3 Å². The van der Waals surface area contributed by atoms with Crippen LogP contribution in [0.15, 0.2) is 18.2 Å². The molecule has 0 aromatic heterocycles. The van der Waals surface area contributed by atoms with Gasteiger partial charge in [0.25, 0.3) is 0 Å². The summed E-state index contributed by atoms with van der Waals surface area (Å²) in [7, 11) is 0. The standard InChI is InChI=1S/C11H10ClNO3/c1-7(14)9-3-2-8(6-10(9)12)13-4-5-16-11(13)15/h2-3,6H,4-5H2,1H3. The number of Topliss-reactive ketones (excluding diaryl/α,β-unsaturated/α-hetero) is 1. The fourth-order valence-corrected chi connectivity index (χ4v) is 1.89. The summed E-state index contributed by atoms with van der Waals surface area (Å²) in [5.74, 6) is -0.0967. The monoisotopic (exact) mass is 239 g/mol. The van der Waals surface area contributed by atoms with Crippen molar-refractivity contribution in [2.45, 2.75) is 6.92 Å². The Bertz CT molecular complexity index is 459. The van der Waals surface area contributed by atoms with Gasteiger partial charge >= 0.3 is 6.09 Å². The molecule has 1 fully saturated rings. The molecule has 1 aliphatic rings. The van der Waals surface area contributed by atoms with Gasteiger partial charge < -0.3 is 4.74 Å². The average Bonchev–Trinajstić information content (AvgIpc) is 2.63. The number of ketones is 1. The van der Waals surface area contributed by atoms with E-state index in [1.165, 1.54) is 11.8 Å². The summed E-state index contributed by atoms with van der Waals surface area (Å²) >= 11 is 5.95. The largest absolute Gasteiger partial charge is 0.447 e. The summed E-state index contributed by atoms with van der Waals surface area (Å²) in [5, 5.41) is 0.352. The molecule has 1 saturated heterocycles. The van der Waals surface area contributed by atoms with Crippen LogP contribution in [0, 0.1) is 0 Å². The van der Waals surface area contributed by atoms with Crippen molar-refractivity contribution in [2.75, 3.05) is 18.1 Å². The molecular weight excluding hydrogens is 230 g/mol. The van der Waals surface area contributed by atoms with E-state index in [-0.39, 0.29) is 11.9 Å². The maximum absolute atomic E-state index is 11.3. The van der Waals surface area contributed by atoms with E-state index in [1.807, 2.05) is 0 Å². The smallest absolute Gasteiger partial charge is 0.414 e. The molecule has 0 bridgehead atoms. The number of carbonyl (C=O) groups excluding carboxylic acids is 2. The molecule has 0 unspecified atom stereocenters. The summed E-state index contributed by atoms with van der Waals surface area (Å²) in [4.78, 5) is 24.0. The zero-order valence-corrected chi connectivity index (χ0v) is 9.45. The summed E-state index contributed by atoms with van der Waals surface area (Å²) < 4.78 is 4.81. The van der Waals surface area contributed by atoms with Gasteiger partial charge in [0.15, 0.2) is 5.78 Å². The lowest BCUT2D eigenvalue weighted by Crippen LogP contribution is -2.23. The highest BCUT2D eigenvalue weighted by Crippen LogP contribution is 2.25. The van der Waals surface area contributed by atoms with Crippen molar-refractivity contribution >= 4 is 29.2 Å². The van der Waals surface area contributed by atoms with Crippen LogP contribution in [0.25, 0.3) is 0 Å². The van der Waals surface area contributed by atoms with Crippen molar-refractivity contribution in [1.29, 1.82) is 0 Å². The first-order valence-corrected chi connectivity index (χ1v) is 5.22. The number of nitrogens with zero attached hydrogens (tertiary/aromatic N) is 1. The molecule has 0 N–H and O–H groups in total. The van der Waals surface area contributed by atoms with E-state index < -0.39 is 0 Å². The minimum absolute atomic E-state index is 0.0967. The van der Waals surface area contributed by atoms with Crippen molar-refractivity contribution in [3.63, 3.8) is 0 Å². The fourth-order valence-electron chi connectivity index (χ4n) is 1.59. The van der Waals surface area contributed by atoms with Gasteiger partial charge in [-0.05, 0) is 25.1 Å². The van der Waals surface area contributed by atoms with Crippen molar-refractivity contribution in [1.82, 2.24) is 0 Å². The third-order valence-electron chi connectivity index (χ3n) is 2.40. The molecule has 4 nitrogen and oxygen atoms in total. The molecule has 0 spiro atoms. The number of rotatable bonds is 2. The van der Waals surface area contributed by atoms with Gasteiger partial charge in [0.05, 0.1) is 11.6 Å². The van der Waals surface area contributed by atoms with E-state index in [2.05, 4.69) is 0 Å². The Labute approximate surface area is 97.7 Å². The average molecular weight is 240 g/mol. The lowest BCUT2D eigenvalue weighted by atomic mass is 10.1. The molecule has 1 aromatic carbocycles. The lowest BCUT2D eigenvalue weighted by molar-refractivity contribution is 0.101. The Morgan fingerprint density at radius 3 is 2.75 bits per heavy atom. The van der Waals surface area contributed by atoms with Crippen molar-refractivity contribution in [2.24, 2.45) is 0 Å². The Balaban J connectivity index is 2.34. The number of benzene rings is 1. The number of carbonyl (C=O) groups is 2. The van der Waals surface area contributed by atoms with E-state index in [9.17, 15) is 9.59 Å². The van der Waals surface area contributed by atoms with Gasteiger partial charge in [0.1, 0.15) is 6.61 Å². The molecule has 2 rings (SSSR count). The molecule has 16 heavy (non-hydrogen) atoms. The van der Waals surface area contributed by atoms with E-state index in [0.717, 1.165) is 0 Å². The summed E-state index contributed by atoms with van der Waals surface area (Å²) in [5.41, 5.74) is 1.11. The fraction of sp³-hybridized carbons (Fsp3) is 0.273. The van der Waals surface area contributed by atoms with Gasteiger partial charge in [-0.15, -0.1) is 0 Å². The van der Waals surface area contributed by atoms with Crippen LogP contribution in [-0.2, 0) is 4.74 Å². The zero-order chi connectivity index (χ0) is 11.7. The third kappa shape index (κ3) is 1.88. The molecule has 0 atom stereocenters. The second-order valence-corrected chi connectivity index (χ2v) is 3.89. The first-order chi connectivity index (χ1) is 7.59. The normalized spacial score (nSPS) is 15.1. The number of hydrogen-bond acceptors (Lipinski definition) is 3. The van der Waals surface area contributed by atoms with Gasteiger partial charge in [0.2, 0.25) is 0 Å². The van der Waals surface area contributed by atoms with E-state index in [1.54, 1.807) is 18.2 Å². The second kappa shape index (κ2) is 4.14. The zero-order valence-electron chi connectivity index (χ0n) is 8.70. The lowest BCUT2D eigenvalue weighted by Gasteiger charge is -2.13. The highest BCUT2D eigenvalue weighted by atomic mass is 35.5. The molecule has 1 aliphatic heterocycles. The number of cyclic esters (lactones) is 1. The van der Waals surface area contributed by atoms with Crippen molar-refractivity contribution in [3.05, 3.63) is 28.8 Å². The number of halogens is 1. The van der Waals surface area contributed by atoms with Crippen molar-refractivity contribution in [3.8, 4) is 0 Å². The molecule has 1 aromatic rings. The Morgan fingerprint density at radius 2 is 2.25 bits per heavy atom. The first kappa shape index (κ1) is 11.0. The van der Waals surface area contributed by atoms with Crippen LogP contribution < -0.4 is 4.90 Å². The maximum Gasteiger partial charge on any atom is 0.414 e. The summed E-state index contributed by atoms with van der Waals surface area (Å²) in [6.07, 6.45) is -0.383. The van der Waals surface area contributed by atoms with E-state index in [0.29, 0.717) is 29.4 Å². The SMILES string of the molecule is CC(=O)c1ccc(N2CCOC2=O)cc1Cl. The number of hydrogen-bond donors (Lipinski definition) is 0. The Morgan fingerprint density at radius 1 is 1.50 bits per heavy atom. The Kier molecular flexibility index (Phi) is 2.83. The summed E-state index contributed by atoms with van der Waals surface area (Å²) in [6.45, 7) is 2.34. The van der Waals surface area contributed by atoms with Crippen LogP contribution in [-0.4, -0.2) is 25.0 Å². The topological polar surface area (TPSA) is 46.6 Å². The number of amides is 1. The quantitative estimate of drug-likeness (QED) is 0.745. The molecule has 84 valence electrons. The third-order valence-corrected chi connectivity index (χ3v) is 2.72. The van der Waals surface area contributed by atoms with Crippen LogP contribution in [0.1, 0.15) is 17.3 Å². The second-order valence-electron chi connectivity index (χ2n) is 3.49. The van der Waals surface area contributed by atoms with Crippen LogP contribution in [0.4, 0.5) is 10.5 Å². The predicted molar refractivity (Wildman–Crippen MR) is 60.2 cm³/mol. The molecule has 0 aliphatic carbocycles. The minimum atomic E-state index is -0.383. The molecule has 1 amide bonds. The summed E-state index contributed by atoms with van der Waals surface area (Å²) in [6, 6.07) is 4.91. The molecule has 1 heterocycles. The van der Waals surface area contributed by atoms with Crippen LogP contribution >= 0.6 is 11.6 Å². The maximum atomic E-state index is 11.3. The van der Waals surface area contributed by atoms with Gasteiger partial charge in [-0.3, -0.25) is 9.69 Å². The van der Waals surface area contributed by atoms with Gasteiger partial charge in [-0.1, -0.05) is 11.6 Å². The minimum Gasteiger partial charge on any atom is -0.447 e. The van der Waals surface area contributed by atoms with E-state index in [4.69, 9.17) is 16.3 Å². The predicted octanol–water partition coefficient (Wildman–Crippen LogP) is 2.50. The highest BCUT2D eigenvalue weighted by Gasteiger charge is 2.24.